The Labute approximate surface area is 176 Å². The van der Waals surface area contributed by atoms with Gasteiger partial charge in [0.25, 0.3) is 0 Å². The van der Waals surface area contributed by atoms with Crippen LogP contribution < -0.4 is 0 Å². The van der Waals surface area contributed by atoms with Gasteiger partial charge in [-0.2, -0.15) is 12.6 Å². The van der Waals surface area contributed by atoms with E-state index in [1.807, 2.05) is 6.08 Å². The number of carbonyl (C=O) groups is 1. The normalized spacial score (nSPS) is 22.5. The van der Waals surface area contributed by atoms with E-state index in [2.05, 4.69) is 14.9 Å². The van der Waals surface area contributed by atoms with Crippen LogP contribution in [0.15, 0.2) is 48.4 Å². The Morgan fingerprint density at radius 2 is 2.04 bits per heavy atom. The van der Waals surface area contributed by atoms with Gasteiger partial charge >= 0.3 is 0 Å². The number of hydrogen-bond donors (Lipinski definition) is 1. The van der Waals surface area contributed by atoms with Gasteiger partial charge in [-0.25, -0.2) is 4.39 Å². The Morgan fingerprint density at radius 3 is 2.71 bits per heavy atom. The molecule has 4 rings (SSSR count). The molecule has 1 aliphatic carbocycles. The number of ketones is 1. The molecule has 1 aromatic heterocycles. The molecule has 28 heavy (non-hydrogen) atoms. The third kappa shape index (κ3) is 4.62. The van der Waals surface area contributed by atoms with Gasteiger partial charge in [-0.15, -0.1) is 12.4 Å². The molecule has 1 aromatic carbocycles. The molecule has 2 unspecified atom stereocenters. The minimum absolute atomic E-state index is 0. The van der Waals surface area contributed by atoms with Crippen molar-refractivity contribution < 1.29 is 9.18 Å². The van der Waals surface area contributed by atoms with Gasteiger partial charge < -0.3 is 0 Å². The van der Waals surface area contributed by atoms with Crippen molar-refractivity contribution in [1.82, 2.24) is 14.9 Å². The van der Waals surface area contributed by atoms with Crippen molar-refractivity contribution in [3.63, 3.8) is 0 Å². The molecule has 0 radical (unpaired) electrons. The largest absolute Gasteiger partial charge is 0.297 e. The average Bonchev–Trinajstić information content (AvgIpc) is 3.52. The summed E-state index contributed by atoms with van der Waals surface area (Å²) in [5.74, 6) is -0.115. The fraction of sp³-hybridized carbons (Fsp3) is 0.381. The number of likely N-dealkylation sites (tertiary alicyclic amines) is 1. The SMILES string of the molecule is Cl.O=C(C1CC1)C(c1ccccc1F)N1CCC(S)C(=Cc2cnccn2)C1. The van der Waals surface area contributed by atoms with Gasteiger partial charge in [0.1, 0.15) is 5.82 Å². The highest BCUT2D eigenvalue weighted by atomic mass is 35.5. The van der Waals surface area contributed by atoms with Gasteiger partial charge in [-0.1, -0.05) is 18.2 Å². The van der Waals surface area contributed by atoms with Crippen molar-refractivity contribution in [3.05, 3.63) is 65.5 Å². The van der Waals surface area contributed by atoms with E-state index in [0.29, 0.717) is 18.7 Å². The lowest BCUT2D eigenvalue weighted by Gasteiger charge is -2.37. The molecule has 2 aromatic rings. The van der Waals surface area contributed by atoms with E-state index in [9.17, 15) is 9.18 Å². The lowest BCUT2D eigenvalue weighted by atomic mass is 9.93. The molecule has 148 valence electrons. The zero-order chi connectivity index (χ0) is 18.8. The van der Waals surface area contributed by atoms with E-state index in [0.717, 1.165) is 30.5 Å². The number of carbonyl (C=O) groups excluding carboxylic acids is 1. The average molecular weight is 420 g/mol. The van der Waals surface area contributed by atoms with Gasteiger partial charge in [0, 0.05) is 42.2 Å². The molecule has 4 nitrogen and oxygen atoms in total. The summed E-state index contributed by atoms with van der Waals surface area (Å²) in [6, 6.07) is 6.10. The second-order valence-corrected chi connectivity index (χ2v) is 7.85. The first kappa shape index (κ1) is 21.0. The highest BCUT2D eigenvalue weighted by molar-refractivity contribution is 7.81. The first-order chi connectivity index (χ1) is 13.1. The summed E-state index contributed by atoms with van der Waals surface area (Å²) in [6.07, 6.45) is 9.60. The lowest BCUT2D eigenvalue weighted by molar-refractivity contribution is -0.126. The molecule has 1 saturated heterocycles. The molecule has 0 spiro atoms. The van der Waals surface area contributed by atoms with Crippen LogP contribution >= 0.6 is 25.0 Å². The second-order valence-electron chi connectivity index (χ2n) is 7.23. The van der Waals surface area contributed by atoms with Crippen molar-refractivity contribution >= 4 is 36.9 Å². The summed E-state index contributed by atoms with van der Waals surface area (Å²) in [4.78, 5) is 23.5. The van der Waals surface area contributed by atoms with E-state index >= 15 is 0 Å². The van der Waals surface area contributed by atoms with Crippen LogP contribution in [0.25, 0.3) is 6.08 Å². The van der Waals surface area contributed by atoms with Crippen LogP contribution in [0.2, 0.25) is 0 Å². The minimum atomic E-state index is -0.537. The summed E-state index contributed by atoms with van der Waals surface area (Å²) in [7, 11) is 0. The number of rotatable bonds is 5. The first-order valence-electron chi connectivity index (χ1n) is 9.30. The Bertz CT molecular complexity index is 860. The first-order valence-corrected chi connectivity index (χ1v) is 9.82. The predicted molar refractivity (Wildman–Crippen MR) is 113 cm³/mol. The summed E-state index contributed by atoms with van der Waals surface area (Å²) < 4.78 is 14.5. The van der Waals surface area contributed by atoms with Gasteiger partial charge in [0.15, 0.2) is 5.78 Å². The summed E-state index contributed by atoms with van der Waals surface area (Å²) >= 11 is 4.71. The Kier molecular flexibility index (Phi) is 6.86. The summed E-state index contributed by atoms with van der Waals surface area (Å²) in [5, 5.41) is 0.0977. The summed E-state index contributed by atoms with van der Waals surface area (Å²) in [5.41, 5.74) is 2.32. The topological polar surface area (TPSA) is 46.1 Å². The fourth-order valence-corrected chi connectivity index (χ4v) is 3.92. The van der Waals surface area contributed by atoms with Crippen LogP contribution in [-0.4, -0.2) is 39.0 Å². The quantitative estimate of drug-likeness (QED) is 0.739. The number of nitrogens with zero attached hydrogens (tertiary/aromatic N) is 3. The van der Waals surface area contributed by atoms with Crippen molar-refractivity contribution in [2.24, 2.45) is 5.92 Å². The molecular formula is C21H23ClFN3OS. The number of benzene rings is 1. The number of halogens is 2. The maximum absolute atomic E-state index is 14.5. The molecule has 2 aliphatic rings. The maximum Gasteiger partial charge on any atom is 0.157 e. The van der Waals surface area contributed by atoms with E-state index in [1.54, 1.807) is 36.8 Å². The van der Waals surface area contributed by atoms with Crippen LogP contribution in [0, 0.1) is 11.7 Å². The van der Waals surface area contributed by atoms with Crippen LogP contribution in [0.1, 0.15) is 36.6 Å². The highest BCUT2D eigenvalue weighted by Gasteiger charge is 2.40. The number of aromatic nitrogens is 2. The standard InChI is InChI=1S/C21H22FN3OS.ClH/c22-18-4-2-1-3-17(18)20(21(26)14-5-6-14)25-10-7-19(27)15(13-25)11-16-12-23-8-9-24-16;/h1-4,8-9,11-12,14,19-20,27H,5-7,10,13H2;1H. The van der Waals surface area contributed by atoms with Crippen molar-refractivity contribution in [3.8, 4) is 0 Å². The van der Waals surface area contributed by atoms with Gasteiger partial charge in [0.2, 0.25) is 0 Å². The third-order valence-corrected chi connectivity index (χ3v) is 5.82. The van der Waals surface area contributed by atoms with Gasteiger partial charge in [-0.05, 0) is 37.0 Å². The van der Waals surface area contributed by atoms with Crippen LogP contribution in [0.3, 0.4) is 0 Å². The molecular weight excluding hydrogens is 397 g/mol. The number of Topliss-reactive ketones (excluding diaryl/α,β-unsaturated/α-hetero) is 1. The molecule has 2 fully saturated rings. The molecule has 0 amide bonds. The molecule has 0 bridgehead atoms. The van der Waals surface area contributed by atoms with Crippen LogP contribution in [0.5, 0.6) is 0 Å². The van der Waals surface area contributed by atoms with Gasteiger partial charge in [-0.3, -0.25) is 19.7 Å². The smallest absolute Gasteiger partial charge is 0.157 e. The molecule has 2 heterocycles. The molecule has 1 aliphatic heterocycles. The van der Waals surface area contributed by atoms with Crippen LogP contribution in [-0.2, 0) is 4.79 Å². The zero-order valence-electron chi connectivity index (χ0n) is 15.4. The van der Waals surface area contributed by atoms with Gasteiger partial charge in [0.05, 0.1) is 17.9 Å². The highest BCUT2D eigenvalue weighted by Crippen LogP contribution is 2.39. The van der Waals surface area contributed by atoms with Crippen LogP contribution in [0.4, 0.5) is 4.39 Å². The fourth-order valence-electron chi connectivity index (χ4n) is 3.65. The Morgan fingerprint density at radius 1 is 1.25 bits per heavy atom. The van der Waals surface area contributed by atoms with E-state index in [-0.39, 0.29) is 35.2 Å². The van der Waals surface area contributed by atoms with E-state index in [4.69, 9.17) is 12.6 Å². The Hall–Kier alpha value is -1.76. The maximum atomic E-state index is 14.5. The monoisotopic (exact) mass is 419 g/mol. The van der Waals surface area contributed by atoms with Crippen molar-refractivity contribution in [1.29, 1.82) is 0 Å². The second kappa shape index (κ2) is 9.16. The number of thiol groups is 1. The van der Waals surface area contributed by atoms with Crippen molar-refractivity contribution in [2.45, 2.75) is 30.6 Å². The Balaban J connectivity index is 0.00000225. The molecule has 2 atom stereocenters. The summed E-state index contributed by atoms with van der Waals surface area (Å²) in [6.45, 7) is 1.28. The zero-order valence-corrected chi connectivity index (χ0v) is 17.1. The predicted octanol–water partition coefficient (Wildman–Crippen LogP) is 4.15. The lowest BCUT2D eigenvalue weighted by Crippen LogP contribution is -2.42. The van der Waals surface area contributed by atoms with Crippen molar-refractivity contribution in [2.75, 3.05) is 13.1 Å². The number of hydrogen-bond acceptors (Lipinski definition) is 5. The molecule has 0 N–H and O–H groups in total. The van der Waals surface area contributed by atoms with E-state index in [1.165, 1.54) is 6.07 Å². The number of piperidine rings is 1. The minimum Gasteiger partial charge on any atom is -0.297 e. The third-order valence-electron chi connectivity index (χ3n) is 5.23. The molecule has 1 saturated carbocycles. The molecule has 7 heteroatoms. The van der Waals surface area contributed by atoms with E-state index < -0.39 is 6.04 Å².